The Morgan fingerprint density at radius 2 is 1.86 bits per heavy atom. The molecule has 82 valence electrons. The van der Waals surface area contributed by atoms with Crippen LogP contribution in [-0.2, 0) is 4.79 Å². The predicted molar refractivity (Wildman–Crippen MR) is 58.4 cm³/mol. The number of rotatable bonds is 2. The van der Waals surface area contributed by atoms with E-state index in [0.29, 0.717) is 5.78 Å². The number of likely N-dealkylation sites (N-methyl/N-ethyl adjacent to an activating group) is 2. The minimum absolute atomic E-state index is 0.108. The molecule has 3 nitrogen and oxygen atoms in total. The fraction of sp³-hybridized carbons (Fsp3) is 0.909. The summed E-state index contributed by atoms with van der Waals surface area (Å²) >= 11 is 0. The summed E-state index contributed by atoms with van der Waals surface area (Å²) < 4.78 is 0. The topological polar surface area (TPSA) is 23.6 Å². The standard InChI is InChI=1S/C11H22N2O/c1-11(13(4)5)8-6-7-9(10(11)14)12(2)3/h9H,6-8H2,1-5H3/t9-,11-/m0/s1. The second-order valence-electron chi connectivity index (χ2n) is 4.90. The third kappa shape index (κ3) is 1.84. The molecule has 0 heterocycles. The van der Waals surface area contributed by atoms with Crippen LogP contribution in [0.3, 0.4) is 0 Å². The van der Waals surface area contributed by atoms with Crippen molar-refractivity contribution in [3.05, 3.63) is 0 Å². The quantitative estimate of drug-likeness (QED) is 0.661. The Bertz CT molecular complexity index is 225. The van der Waals surface area contributed by atoms with E-state index < -0.39 is 0 Å². The number of nitrogens with zero attached hydrogens (tertiary/aromatic N) is 2. The highest BCUT2D eigenvalue weighted by molar-refractivity contribution is 5.93. The van der Waals surface area contributed by atoms with Crippen LogP contribution in [0.4, 0.5) is 0 Å². The van der Waals surface area contributed by atoms with Crippen LogP contribution in [0, 0.1) is 0 Å². The molecule has 1 fully saturated rings. The number of Topliss-reactive ketones (excluding diaryl/α,β-unsaturated/α-hetero) is 1. The monoisotopic (exact) mass is 198 g/mol. The van der Waals surface area contributed by atoms with Gasteiger partial charge in [-0.05, 0) is 54.4 Å². The largest absolute Gasteiger partial charge is 0.300 e. The lowest BCUT2D eigenvalue weighted by Gasteiger charge is -2.43. The van der Waals surface area contributed by atoms with Gasteiger partial charge in [-0.2, -0.15) is 0 Å². The number of ketones is 1. The van der Waals surface area contributed by atoms with Crippen molar-refractivity contribution < 1.29 is 4.79 Å². The highest BCUT2D eigenvalue weighted by Crippen LogP contribution is 2.30. The molecule has 1 aliphatic rings. The molecule has 0 N–H and O–H groups in total. The summed E-state index contributed by atoms with van der Waals surface area (Å²) in [5.41, 5.74) is -0.257. The second-order valence-corrected chi connectivity index (χ2v) is 4.90. The van der Waals surface area contributed by atoms with Crippen LogP contribution in [0.2, 0.25) is 0 Å². The van der Waals surface area contributed by atoms with E-state index in [1.54, 1.807) is 0 Å². The van der Waals surface area contributed by atoms with Crippen molar-refractivity contribution in [1.82, 2.24) is 9.80 Å². The first-order valence-corrected chi connectivity index (χ1v) is 5.28. The van der Waals surface area contributed by atoms with Crippen molar-refractivity contribution in [2.45, 2.75) is 37.8 Å². The normalized spacial score (nSPS) is 34.2. The lowest BCUT2D eigenvalue weighted by molar-refractivity contribution is -0.136. The van der Waals surface area contributed by atoms with Gasteiger partial charge in [0.1, 0.15) is 0 Å². The minimum Gasteiger partial charge on any atom is -0.300 e. The molecule has 14 heavy (non-hydrogen) atoms. The molecule has 3 heteroatoms. The molecule has 0 radical (unpaired) electrons. The molecule has 1 rings (SSSR count). The molecule has 1 saturated carbocycles. The fourth-order valence-electron chi connectivity index (χ4n) is 2.19. The summed E-state index contributed by atoms with van der Waals surface area (Å²) in [6.07, 6.45) is 3.14. The zero-order chi connectivity index (χ0) is 10.9. The van der Waals surface area contributed by atoms with Crippen molar-refractivity contribution >= 4 is 5.78 Å². The molecule has 0 spiro atoms. The van der Waals surface area contributed by atoms with Gasteiger partial charge in [0.15, 0.2) is 5.78 Å². The van der Waals surface area contributed by atoms with Gasteiger partial charge in [-0.3, -0.25) is 14.6 Å². The third-order valence-corrected chi connectivity index (χ3v) is 3.59. The van der Waals surface area contributed by atoms with Crippen LogP contribution < -0.4 is 0 Å². The van der Waals surface area contributed by atoms with Gasteiger partial charge in [0.05, 0.1) is 11.6 Å². The number of hydrogen-bond donors (Lipinski definition) is 0. The van der Waals surface area contributed by atoms with Crippen molar-refractivity contribution in [2.24, 2.45) is 0 Å². The average Bonchev–Trinajstić information content (AvgIpc) is 2.09. The average molecular weight is 198 g/mol. The molecule has 0 saturated heterocycles. The van der Waals surface area contributed by atoms with E-state index >= 15 is 0 Å². The summed E-state index contributed by atoms with van der Waals surface area (Å²) in [6.45, 7) is 2.06. The summed E-state index contributed by atoms with van der Waals surface area (Å²) in [7, 11) is 7.97. The maximum absolute atomic E-state index is 12.2. The van der Waals surface area contributed by atoms with Gasteiger partial charge < -0.3 is 0 Å². The molecule has 0 aromatic heterocycles. The summed E-state index contributed by atoms with van der Waals surface area (Å²) in [5, 5.41) is 0. The van der Waals surface area contributed by atoms with Gasteiger partial charge in [-0.25, -0.2) is 0 Å². The summed E-state index contributed by atoms with van der Waals surface area (Å²) in [4.78, 5) is 16.4. The van der Waals surface area contributed by atoms with E-state index in [2.05, 4.69) is 11.8 Å². The Hall–Kier alpha value is -0.410. The van der Waals surface area contributed by atoms with Crippen molar-refractivity contribution in [1.29, 1.82) is 0 Å². The van der Waals surface area contributed by atoms with Gasteiger partial charge in [0, 0.05) is 0 Å². The zero-order valence-electron chi connectivity index (χ0n) is 10.0. The first-order chi connectivity index (χ1) is 6.39. The molecule has 0 amide bonds. The first kappa shape index (κ1) is 11.7. The lowest BCUT2D eigenvalue weighted by atomic mass is 9.78. The van der Waals surface area contributed by atoms with Crippen LogP contribution >= 0.6 is 0 Å². The number of hydrogen-bond acceptors (Lipinski definition) is 3. The first-order valence-electron chi connectivity index (χ1n) is 5.28. The molecule has 0 bridgehead atoms. The Balaban J connectivity index is 2.86. The zero-order valence-corrected chi connectivity index (χ0v) is 10.0. The smallest absolute Gasteiger partial charge is 0.169 e. The highest BCUT2D eigenvalue weighted by Gasteiger charge is 2.43. The van der Waals surface area contributed by atoms with Gasteiger partial charge in [0.2, 0.25) is 0 Å². The fourth-order valence-corrected chi connectivity index (χ4v) is 2.19. The molecule has 0 aromatic rings. The van der Waals surface area contributed by atoms with Crippen molar-refractivity contribution in [3.63, 3.8) is 0 Å². The third-order valence-electron chi connectivity index (χ3n) is 3.59. The molecular weight excluding hydrogens is 176 g/mol. The van der Waals surface area contributed by atoms with Crippen molar-refractivity contribution in [2.75, 3.05) is 28.2 Å². The Labute approximate surface area is 87.1 Å². The number of carbonyl (C=O) groups is 1. The van der Waals surface area contributed by atoms with E-state index in [0.717, 1.165) is 19.3 Å². The lowest BCUT2D eigenvalue weighted by Crippen LogP contribution is -2.58. The Morgan fingerprint density at radius 3 is 2.29 bits per heavy atom. The molecule has 0 aromatic carbocycles. The maximum Gasteiger partial charge on any atom is 0.169 e. The van der Waals surface area contributed by atoms with E-state index in [1.165, 1.54) is 0 Å². The van der Waals surface area contributed by atoms with Gasteiger partial charge in [-0.15, -0.1) is 0 Å². The van der Waals surface area contributed by atoms with Crippen LogP contribution in [0.5, 0.6) is 0 Å². The molecule has 0 aliphatic heterocycles. The molecule has 1 aliphatic carbocycles. The second kappa shape index (κ2) is 3.99. The van der Waals surface area contributed by atoms with Crippen LogP contribution in [-0.4, -0.2) is 55.4 Å². The van der Waals surface area contributed by atoms with E-state index in [-0.39, 0.29) is 11.6 Å². The van der Waals surface area contributed by atoms with Gasteiger partial charge in [-0.1, -0.05) is 0 Å². The maximum atomic E-state index is 12.2. The van der Waals surface area contributed by atoms with Gasteiger partial charge >= 0.3 is 0 Å². The predicted octanol–water partition coefficient (Wildman–Crippen LogP) is 0.990. The minimum atomic E-state index is -0.257. The summed E-state index contributed by atoms with van der Waals surface area (Å²) in [6, 6.07) is 0.108. The molecular formula is C11H22N2O. The Kier molecular flexibility index (Phi) is 3.32. The summed E-state index contributed by atoms with van der Waals surface area (Å²) in [5.74, 6) is 0.374. The van der Waals surface area contributed by atoms with E-state index in [4.69, 9.17) is 0 Å². The Morgan fingerprint density at radius 1 is 1.29 bits per heavy atom. The molecule has 2 atom stereocenters. The SMILES string of the molecule is CN(C)[C@H]1CCC[C@](C)(N(C)C)C1=O. The van der Waals surface area contributed by atoms with E-state index in [1.807, 2.05) is 33.1 Å². The van der Waals surface area contributed by atoms with Crippen molar-refractivity contribution in [3.8, 4) is 0 Å². The van der Waals surface area contributed by atoms with Crippen LogP contribution in [0.25, 0.3) is 0 Å². The highest BCUT2D eigenvalue weighted by atomic mass is 16.1. The van der Waals surface area contributed by atoms with Crippen LogP contribution in [0.15, 0.2) is 0 Å². The van der Waals surface area contributed by atoms with Crippen LogP contribution in [0.1, 0.15) is 26.2 Å². The van der Waals surface area contributed by atoms with E-state index in [9.17, 15) is 4.79 Å². The molecule has 0 unspecified atom stereocenters. The van der Waals surface area contributed by atoms with Gasteiger partial charge in [0.25, 0.3) is 0 Å². The number of carbonyl (C=O) groups excluding carboxylic acids is 1.